The number of nitrogens with zero attached hydrogens (tertiary/aromatic N) is 1. The molecule has 0 saturated carbocycles. The maximum atomic E-state index is 5.80. The van der Waals surface area contributed by atoms with E-state index in [0.717, 1.165) is 45.1 Å². The minimum atomic E-state index is 0.223. The summed E-state index contributed by atoms with van der Waals surface area (Å²) >= 11 is 0. The largest absolute Gasteiger partial charge is 0.491 e. The van der Waals surface area contributed by atoms with Crippen molar-refractivity contribution in [1.29, 1.82) is 0 Å². The monoisotopic (exact) mass is 318 g/mol. The van der Waals surface area contributed by atoms with E-state index in [1.807, 2.05) is 0 Å². The fraction of sp³-hybridized carbons (Fsp3) is 0.684. The molecule has 1 aromatic rings. The number of ether oxygens (including phenoxy) is 2. The van der Waals surface area contributed by atoms with E-state index in [0.29, 0.717) is 12.0 Å². The Morgan fingerprint density at radius 2 is 1.74 bits per heavy atom. The van der Waals surface area contributed by atoms with E-state index in [2.05, 4.69) is 48.3 Å². The third-order valence-electron chi connectivity index (χ3n) is 4.85. The van der Waals surface area contributed by atoms with Crippen LogP contribution in [0.15, 0.2) is 24.3 Å². The second-order valence-electron chi connectivity index (χ2n) is 6.92. The lowest BCUT2D eigenvalue weighted by atomic mass is 9.85. The van der Waals surface area contributed by atoms with E-state index >= 15 is 0 Å². The van der Waals surface area contributed by atoms with Crippen LogP contribution in [0, 0.1) is 5.92 Å². The van der Waals surface area contributed by atoms with Crippen molar-refractivity contribution >= 4 is 0 Å². The van der Waals surface area contributed by atoms with E-state index in [1.54, 1.807) is 0 Å². The third-order valence-corrected chi connectivity index (χ3v) is 4.85. The topological polar surface area (TPSA) is 33.7 Å². The molecule has 0 spiro atoms. The maximum absolute atomic E-state index is 5.80. The van der Waals surface area contributed by atoms with Gasteiger partial charge in [-0.2, -0.15) is 0 Å². The summed E-state index contributed by atoms with van der Waals surface area (Å²) in [5.41, 5.74) is 1.43. The molecule has 0 unspecified atom stereocenters. The highest BCUT2D eigenvalue weighted by atomic mass is 16.5. The summed E-state index contributed by atoms with van der Waals surface area (Å²) in [6, 6.07) is 9.29. The summed E-state index contributed by atoms with van der Waals surface area (Å²) in [6.45, 7) is 10.4. The van der Waals surface area contributed by atoms with Gasteiger partial charge < -0.3 is 14.8 Å². The van der Waals surface area contributed by atoms with Crippen LogP contribution in [0.1, 0.15) is 38.3 Å². The molecule has 0 aliphatic carbocycles. The van der Waals surface area contributed by atoms with Crippen LogP contribution in [0.2, 0.25) is 0 Å². The zero-order valence-electron chi connectivity index (χ0n) is 14.5. The van der Waals surface area contributed by atoms with Crippen molar-refractivity contribution in [2.45, 2.75) is 38.8 Å². The molecular formula is C19H30N2O2. The Morgan fingerprint density at radius 3 is 2.35 bits per heavy atom. The molecule has 23 heavy (non-hydrogen) atoms. The molecule has 4 heteroatoms. The van der Waals surface area contributed by atoms with Gasteiger partial charge in [-0.1, -0.05) is 12.1 Å². The number of hydrogen-bond acceptors (Lipinski definition) is 4. The predicted molar refractivity (Wildman–Crippen MR) is 92.9 cm³/mol. The molecule has 0 radical (unpaired) electrons. The van der Waals surface area contributed by atoms with Crippen molar-refractivity contribution in [1.82, 2.24) is 10.2 Å². The van der Waals surface area contributed by atoms with Crippen LogP contribution in [0.25, 0.3) is 0 Å². The Hall–Kier alpha value is -1.10. The molecule has 2 saturated heterocycles. The van der Waals surface area contributed by atoms with Crippen molar-refractivity contribution in [3.05, 3.63) is 29.8 Å². The van der Waals surface area contributed by atoms with Gasteiger partial charge in [-0.15, -0.1) is 0 Å². The Labute approximate surface area is 140 Å². The molecule has 4 nitrogen and oxygen atoms in total. The fourth-order valence-corrected chi connectivity index (χ4v) is 3.79. The molecule has 2 aliphatic rings. The first-order chi connectivity index (χ1) is 11.2. The Kier molecular flexibility index (Phi) is 5.92. The molecule has 1 aromatic carbocycles. The molecule has 1 atom stereocenters. The van der Waals surface area contributed by atoms with E-state index < -0.39 is 0 Å². The molecule has 0 amide bonds. The second-order valence-corrected chi connectivity index (χ2v) is 6.92. The summed E-state index contributed by atoms with van der Waals surface area (Å²) < 4.78 is 11.4. The average molecular weight is 318 g/mol. The minimum absolute atomic E-state index is 0.223. The summed E-state index contributed by atoms with van der Waals surface area (Å²) in [5.74, 6) is 1.66. The van der Waals surface area contributed by atoms with Gasteiger partial charge in [0.2, 0.25) is 0 Å². The van der Waals surface area contributed by atoms with Crippen molar-refractivity contribution in [2.75, 3.05) is 39.4 Å². The van der Waals surface area contributed by atoms with Crippen molar-refractivity contribution in [3.8, 4) is 5.75 Å². The lowest BCUT2D eigenvalue weighted by Crippen LogP contribution is -2.47. The first-order valence-corrected chi connectivity index (χ1v) is 9.03. The summed E-state index contributed by atoms with van der Waals surface area (Å²) in [7, 11) is 0. The smallest absolute Gasteiger partial charge is 0.119 e. The highest BCUT2D eigenvalue weighted by Gasteiger charge is 2.31. The van der Waals surface area contributed by atoms with E-state index in [-0.39, 0.29) is 6.10 Å². The van der Waals surface area contributed by atoms with Crippen LogP contribution >= 0.6 is 0 Å². The molecular weight excluding hydrogens is 288 g/mol. The van der Waals surface area contributed by atoms with Gasteiger partial charge in [-0.05, 0) is 50.3 Å². The van der Waals surface area contributed by atoms with Crippen LogP contribution in [0.5, 0.6) is 5.75 Å². The molecule has 2 aliphatic heterocycles. The van der Waals surface area contributed by atoms with Gasteiger partial charge in [0.1, 0.15) is 5.75 Å². The van der Waals surface area contributed by atoms with Crippen molar-refractivity contribution in [3.63, 3.8) is 0 Å². The number of rotatable bonds is 5. The standard InChI is InChI=1S/C19H30N2O2/c1-15(2)23-18-5-3-16(4-6-18)19(17-7-13-22-14-8-17)21-11-9-20-10-12-21/h3-6,15,17,19-20H,7-14H2,1-2H3/t19-/m1/s1. The molecule has 0 aromatic heterocycles. The average Bonchev–Trinajstić information content (AvgIpc) is 2.58. The van der Waals surface area contributed by atoms with Crippen LogP contribution in [-0.4, -0.2) is 50.4 Å². The quantitative estimate of drug-likeness (QED) is 0.905. The SMILES string of the molecule is CC(C)Oc1ccc([C@H](C2CCOCC2)N2CCNCC2)cc1. The predicted octanol–water partition coefficient (Wildman–Crippen LogP) is 2.85. The number of nitrogens with one attached hydrogen (secondary N) is 1. The zero-order valence-corrected chi connectivity index (χ0v) is 14.5. The van der Waals surface area contributed by atoms with Crippen LogP contribution in [-0.2, 0) is 4.74 Å². The summed E-state index contributed by atoms with van der Waals surface area (Å²) in [4.78, 5) is 2.66. The lowest BCUT2D eigenvalue weighted by molar-refractivity contribution is 0.0213. The summed E-state index contributed by atoms with van der Waals surface area (Å²) in [6.07, 6.45) is 2.55. The molecule has 3 rings (SSSR count). The van der Waals surface area contributed by atoms with E-state index in [1.165, 1.54) is 18.4 Å². The van der Waals surface area contributed by atoms with Gasteiger partial charge in [0.05, 0.1) is 6.10 Å². The van der Waals surface area contributed by atoms with Crippen molar-refractivity contribution < 1.29 is 9.47 Å². The van der Waals surface area contributed by atoms with Gasteiger partial charge in [-0.3, -0.25) is 4.90 Å². The fourth-order valence-electron chi connectivity index (χ4n) is 3.79. The van der Waals surface area contributed by atoms with Gasteiger partial charge in [0.25, 0.3) is 0 Å². The second kappa shape index (κ2) is 8.13. The highest BCUT2D eigenvalue weighted by molar-refractivity contribution is 5.30. The number of hydrogen-bond donors (Lipinski definition) is 1. The normalized spacial score (nSPS) is 22.2. The molecule has 1 N–H and O–H groups in total. The Morgan fingerprint density at radius 1 is 1.09 bits per heavy atom. The highest BCUT2D eigenvalue weighted by Crippen LogP contribution is 2.36. The van der Waals surface area contributed by atoms with Crippen LogP contribution < -0.4 is 10.1 Å². The number of piperazine rings is 1. The molecule has 0 bridgehead atoms. The Bertz CT molecular complexity index is 445. The van der Waals surface area contributed by atoms with Gasteiger partial charge >= 0.3 is 0 Å². The molecule has 128 valence electrons. The number of benzene rings is 1. The maximum Gasteiger partial charge on any atom is 0.119 e. The Balaban J connectivity index is 1.78. The lowest BCUT2D eigenvalue weighted by Gasteiger charge is -2.41. The van der Waals surface area contributed by atoms with E-state index in [9.17, 15) is 0 Å². The van der Waals surface area contributed by atoms with Crippen LogP contribution in [0.4, 0.5) is 0 Å². The molecule has 2 fully saturated rings. The zero-order chi connectivity index (χ0) is 16.1. The van der Waals surface area contributed by atoms with Crippen molar-refractivity contribution in [2.24, 2.45) is 5.92 Å². The minimum Gasteiger partial charge on any atom is -0.491 e. The first kappa shape index (κ1) is 16.7. The van der Waals surface area contributed by atoms with Gasteiger partial charge in [0, 0.05) is 45.4 Å². The first-order valence-electron chi connectivity index (χ1n) is 9.03. The van der Waals surface area contributed by atoms with Gasteiger partial charge in [-0.25, -0.2) is 0 Å². The molecule has 2 heterocycles. The summed E-state index contributed by atoms with van der Waals surface area (Å²) in [5, 5.41) is 3.47. The van der Waals surface area contributed by atoms with E-state index in [4.69, 9.17) is 9.47 Å². The van der Waals surface area contributed by atoms with Gasteiger partial charge in [0.15, 0.2) is 0 Å². The van der Waals surface area contributed by atoms with Crippen LogP contribution in [0.3, 0.4) is 0 Å². The third kappa shape index (κ3) is 4.46.